The van der Waals surface area contributed by atoms with Crippen LogP contribution in [0.25, 0.3) is 0 Å². The fourth-order valence-electron chi connectivity index (χ4n) is 2.56. The van der Waals surface area contributed by atoms with Crippen LogP contribution in [0.15, 0.2) is 42.6 Å². The summed E-state index contributed by atoms with van der Waals surface area (Å²) >= 11 is 0. The highest BCUT2D eigenvalue weighted by atomic mass is 16.5. The van der Waals surface area contributed by atoms with E-state index in [1.807, 2.05) is 51.6 Å². The molecule has 0 aliphatic carbocycles. The molecule has 0 saturated heterocycles. The molecule has 2 rings (SSSR count). The molecular formula is C24H33N3O2. The maximum absolute atomic E-state index is 5.62. The van der Waals surface area contributed by atoms with Crippen LogP contribution < -0.4 is 9.80 Å². The molecule has 29 heavy (non-hydrogen) atoms. The minimum absolute atomic E-state index is 0.634. The van der Waals surface area contributed by atoms with Gasteiger partial charge in [0.1, 0.15) is 5.82 Å². The maximum Gasteiger partial charge on any atom is 0.128 e. The molecule has 0 radical (unpaired) electrons. The van der Waals surface area contributed by atoms with Crippen molar-refractivity contribution in [2.24, 2.45) is 0 Å². The average molecular weight is 396 g/mol. The van der Waals surface area contributed by atoms with Crippen LogP contribution in [0, 0.1) is 11.8 Å². The number of unbranched alkanes of at least 4 members (excludes halogenated alkanes) is 1. The molecule has 0 amide bonds. The zero-order chi connectivity index (χ0) is 20.9. The van der Waals surface area contributed by atoms with Gasteiger partial charge in [-0.25, -0.2) is 4.98 Å². The molecule has 5 nitrogen and oxygen atoms in total. The van der Waals surface area contributed by atoms with Crippen molar-refractivity contribution < 1.29 is 9.47 Å². The summed E-state index contributed by atoms with van der Waals surface area (Å²) in [4.78, 5) is 8.66. The number of likely N-dealkylation sites (N-methyl/N-ethyl adjacent to an activating group) is 1. The lowest BCUT2D eigenvalue weighted by molar-refractivity contribution is 0.0494. The molecule has 0 aliphatic heterocycles. The molecule has 0 unspecified atom stereocenters. The Hall–Kier alpha value is -2.55. The van der Waals surface area contributed by atoms with Crippen LogP contribution in [-0.2, 0) is 9.47 Å². The first-order chi connectivity index (χ1) is 14.1. The van der Waals surface area contributed by atoms with Gasteiger partial charge in [0.15, 0.2) is 0 Å². The van der Waals surface area contributed by atoms with Crippen molar-refractivity contribution in [1.82, 2.24) is 4.98 Å². The Balaban J connectivity index is 1.75. The molecule has 1 aromatic heterocycles. The zero-order valence-electron chi connectivity index (χ0n) is 18.1. The molecule has 0 saturated carbocycles. The first-order valence-electron chi connectivity index (χ1n) is 10.2. The number of anilines is 2. The molecule has 0 spiro atoms. The van der Waals surface area contributed by atoms with Crippen molar-refractivity contribution in [2.75, 3.05) is 63.9 Å². The molecule has 5 heteroatoms. The van der Waals surface area contributed by atoms with Crippen LogP contribution in [0.1, 0.15) is 30.9 Å². The van der Waals surface area contributed by atoms with Gasteiger partial charge >= 0.3 is 0 Å². The van der Waals surface area contributed by atoms with Gasteiger partial charge in [-0.05, 0) is 42.8 Å². The Labute approximate surface area is 175 Å². The number of hydrogen-bond acceptors (Lipinski definition) is 5. The summed E-state index contributed by atoms with van der Waals surface area (Å²) in [7, 11) is 6.07. The Morgan fingerprint density at radius 2 is 1.48 bits per heavy atom. The summed E-state index contributed by atoms with van der Waals surface area (Å²) in [5.41, 5.74) is 3.06. The van der Waals surface area contributed by atoms with E-state index in [4.69, 9.17) is 9.47 Å². The van der Waals surface area contributed by atoms with Gasteiger partial charge in [0.25, 0.3) is 0 Å². The van der Waals surface area contributed by atoms with Crippen molar-refractivity contribution in [1.29, 1.82) is 0 Å². The summed E-state index contributed by atoms with van der Waals surface area (Å²) in [5.74, 6) is 7.27. The van der Waals surface area contributed by atoms with Crippen molar-refractivity contribution in [2.45, 2.75) is 19.8 Å². The third-order valence-corrected chi connectivity index (χ3v) is 4.46. The van der Waals surface area contributed by atoms with Crippen LogP contribution in [-0.4, -0.2) is 59.1 Å². The van der Waals surface area contributed by atoms with E-state index in [1.54, 1.807) is 0 Å². The van der Waals surface area contributed by atoms with E-state index >= 15 is 0 Å². The van der Waals surface area contributed by atoms with E-state index in [2.05, 4.69) is 45.7 Å². The third kappa shape index (κ3) is 8.55. The summed E-state index contributed by atoms with van der Waals surface area (Å²) < 4.78 is 11.1. The standard InChI is InChI=1S/C24H33N3O2/c1-5-6-16-28-18-19-29-17-15-27(4)24-14-11-22(20-25-24)8-7-21-9-12-23(13-10-21)26(2)3/h9-14,20H,5-6,15-19H2,1-4H3. The van der Waals surface area contributed by atoms with Crippen molar-refractivity contribution in [3.05, 3.63) is 53.7 Å². The zero-order valence-corrected chi connectivity index (χ0v) is 18.1. The van der Waals surface area contributed by atoms with Crippen molar-refractivity contribution in [3.63, 3.8) is 0 Å². The van der Waals surface area contributed by atoms with E-state index in [-0.39, 0.29) is 0 Å². The highest BCUT2D eigenvalue weighted by Gasteiger charge is 2.02. The monoisotopic (exact) mass is 395 g/mol. The topological polar surface area (TPSA) is 37.8 Å². The highest BCUT2D eigenvalue weighted by Crippen LogP contribution is 2.12. The smallest absolute Gasteiger partial charge is 0.128 e. The number of nitrogens with zero attached hydrogens (tertiary/aromatic N) is 3. The van der Waals surface area contributed by atoms with Crippen LogP contribution >= 0.6 is 0 Å². The van der Waals surface area contributed by atoms with Gasteiger partial charge < -0.3 is 19.3 Å². The van der Waals surface area contributed by atoms with Crippen molar-refractivity contribution >= 4 is 11.5 Å². The second-order valence-corrected chi connectivity index (χ2v) is 7.10. The normalized spacial score (nSPS) is 10.3. The number of hydrogen-bond donors (Lipinski definition) is 0. The van der Waals surface area contributed by atoms with Crippen LogP contribution in [0.4, 0.5) is 11.5 Å². The number of ether oxygens (including phenoxy) is 2. The Bertz CT molecular complexity index is 761. The van der Waals surface area contributed by atoms with Crippen LogP contribution in [0.3, 0.4) is 0 Å². The van der Waals surface area contributed by atoms with Gasteiger partial charge in [0.05, 0.1) is 19.8 Å². The van der Waals surface area contributed by atoms with Crippen LogP contribution in [0.5, 0.6) is 0 Å². The Morgan fingerprint density at radius 3 is 2.10 bits per heavy atom. The lowest BCUT2D eigenvalue weighted by atomic mass is 10.2. The molecule has 2 aromatic rings. The summed E-state index contributed by atoms with van der Waals surface area (Å²) in [6.07, 6.45) is 4.08. The fourth-order valence-corrected chi connectivity index (χ4v) is 2.56. The van der Waals surface area contributed by atoms with E-state index in [0.29, 0.717) is 19.8 Å². The summed E-state index contributed by atoms with van der Waals surface area (Å²) in [6.45, 7) is 5.71. The SMILES string of the molecule is CCCCOCCOCCN(C)c1ccc(C#Cc2ccc(N(C)C)cc2)cn1. The maximum atomic E-state index is 5.62. The minimum Gasteiger partial charge on any atom is -0.379 e. The summed E-state index contributed by atoms with van der Waals surface area (Å²) in [5, 5.41) is 0. The van der Waals surface area contributed by atoms with E-state index in [1.165, 1.54) is 0 Å². The number of pyridine rings is 1. The molecule has 0 fully saturated rings. The molecule has 0 bridgehead atoms. The number of rotatable bonds is 11. The fraction of sp³-hybridized carbons (Fsp3) is 0.458. The van der Waals surface area contributed by atoms with Gasteiger partial charge in [-0.15, -0.1) is 0 Å². The second-order valence-electron chi connectivity index (χ2n) is 7.10. The molecule has 156 valence electrons. The third-order valence-electron chi connectivity index (χ3n) is 4.46. The van der Waals surface area contributed by atoms with Gasteiger partial charge in [-0.3, -0.25) is 0 Å². The van der Waals surface area contributed by atoms with Crippen molar-refractivity contribution in [3.8, 4) is 11.8 Å². The largest absolute Gasteiger partial charge is 0.379 e. The lowest BCUT2D eigenvalue weighted by Gasteiger charge is -2.18. The lowest BCUT2D eigenvalue weighted by Crippen LogP contribution is -2.24. The molecular weight excluding hydrogens is 362 g/mol. The van der Waals surface area contributed by atoms with E-state index in [9.17, 15) is 0 Å². The van der Waals surface area contributed by atoms with Gasteiger partial charge in [-0.2, -0.15) is 0 Å². The minimum atomic E-state index is 0.634. The summed E-state index contributed by atoms with van der Waals surface area (Å²) in [6, 6.07) is 12.2. The Kier molecular flexibility index (Phi) is 10.1. The van der Waals surface area contributed by atoms with Crippen LogP contribution in [0.2, 0.25) is 0 Å². The average Bonchev–Trinajstić information content (AvgIpc) is 2.74. The molecule has 0 atom stereocenters. The van der Waals surface area contributed by atoms with Gasteiger partial charge in [0.2, 0.25) is 0 Å². The number of aromatic nitrogens is 1. The van der Waals surface area contributed by atoms with E-state index in [0.717, 1.165) is 48.6 Å². The molecule has 0 aliphatic rings. The first kappa shape index (κ1) is 22.7. The second kappa shape index (κ2) is 12.8. The highest BCUT2D eigenvalue weighted by molar-refractivity contribution is 5.51. The predicted octanol–water partition coefficient (Wildman–Crippen LogP) is 3.82. The molecule has 0 N–H and O–H groups in total. The first-order valence-corrected chi connectivity index (χ1v) is 10.2. The molecule has 1 aromatic carbocycles. The predicted molar refractivity (Wildman–Crippen MR) is 121 cm³/mol. The molecule has 1 heterocycles. The van der Waals surface area contributed by atoms with E-state index < -0.39 is 0 Å². The quantitative estimate of drug-likeness (QED) is 0.427. The van der Waals surface area contributed by atoms with Gasteiger partial charge in [-0.1, -0.05) is 25.2 Å². The van der Waals surface area contributed by atoms with Gasteiger partial charge in [0, 0.05) is 57.3 Å². The Morgan fingerprint density at radius 1 is 0.828 bits per heavy atom. The number of benzene rings is 1.